The number of aryl methyl sites for hydroxylation is 4. The SMILES string of the molecule is Cn1cc(-c2oc3c(CCc4ccccc4)cn(C)c(=O)c3c2C(=O)O)cn1. The lowest BCUT2D eigenvalue weighted by molar-refractivity contribution is 0.0699. The minimum absolute atomic E-state index is 0.0967. The van der Waals surface area contributed by atoms with Crippen LogP contribution in [-0.4, -0.2) is 25.4 Å². The zero-order valence-electron chi connectivity index (χ0n) is 15.5. The summed E-state index contributed by atoms with van der Waals surface area (Å²) < 4.78 is 8.94. The molecule has 0 aliphatic heterocycles. The van der Waals surface area contributed by atoms with E-state index in [2.05, 4.69) is 5.10 Å². The largest absolute Gasteiger partial charge is 0.478 e. The van der Waals surface area contributed by atoms with E-state index in [1.165, 1.54) is 10.8 Å². The minimum atomic E-state index is -1.20. The van der Waals surface area contributed by atoms with Gasteiger partial charge in [-0.05, 0) is 18.4 Å². The number of benzene rings is 1. The molecule has 0 saturated carbocycles. The first kappa shape index (κ1) is 17.8. The molecule has 0 amide bonds. The molecule has 0 radical (unpaired) electrons. The van der Waals surface area contributed by atoms with Gasteiger partial charge in [0, 0.05) is 32.1 Å². The molecule has 0 aliphatic rings. The summed E-state index contributed by atoms with van der Waals surface area (Å²) >= 11 is 0. The van der Waals surface area contributed by atoms with Crippen LogP contribution in [0.1, 0.15) is 21.5 Å². The molecule has 4 aromatic rings. The van der Waals surface area contributed by atoms with Crippen LogP contribution in [0.2, 0.25) is 0 Å². The van der Waals surface area contributed by atoms with Crippen molar-refractivity contribution >= 4 is 16.9 Å². The van der Waals surface area contributed by atoms with E-state index in [4.69, 9.17) is 4.42 Å². The van der Waals surface area contributed by atoms with E-state index in [1.807, 2.05) is 30.3 Å². The number of carboxylic acids is 1. The summed E-state index contributed by atoms with van der Waals surface area (Å²) in [5.41, 5.74) is 2.28. The Kier molecular flexibility index (Phi) is 4.35. The standard InChI is InChI=1S/C21H19N3O4/c1-23-11-14(9-8-13-6-4-3-5-7-13)18-16(20(23)25)17(21(26)27)19(28-18)15-10-22-24(2)12-15/h3-7,10-12H,8-9H2,1-2H3,(H,26,27). The third-order valence-electron chi connectivity index (χ3n) is 4.79. The number of carbonyl (C=O) groups is 1. The van der Waals surface area contributed by atoms with Gasteiger partial charge in [-0.15, -0.1) is 0 Å². The Morgan fingerprint density at radius 2 is 1.89 bits per heavy atom. The number of aromatic carboxylic acids is 1. The van der Waals surface area contributed by atoms with Crippen molar-refractivity contribution in [3.63, 3.8) is 0 Å². The predicted octanol–water partition coefficient (Wildman–Crippen LogP) is 3.02. The summed E-state index contributed by atoms with van der Waals surface area (Å²) in [5, 5.41) is 14.0. The molecule has 0 unspecified atom stereocenters. The number of nitrogens with zero attached hydrogens (tertiary/aromatic N) is 3. The second-order valence-corrected chi connectivity index (χ2v) is 6.77. The fourth-order valence-corrected chi connectivity index (χ4v) is 3.44. The van der Waals surface area contributed by atoms with Gasteiger partial charge in [0.25, 0.3) is 5.56 Å². The van der Waals surface area contributed by atoms with E-state index in [0.717, 1.165) is 17.5 Å². The van der Waals surface area contributed by atoms with Crippen molar-refractivity contribution in [2.75, 3.05) is 0 Å². The Balaban J connectivity index is 1.91. The molecule has 7 nitrogen and oxygen atoms in total. The average Bonchev–Trinajstić information content (AvgIpc) is 3.28. The highest BCUT2D eigenvalue weighted by Crippen LogP contribution is 2.33. The van der Waals surface area contributed by atoms with Gasteiger partial charge in [0.2, 0.25) is 0 Å². The van der Waals surface area contributed by atoms with E-state index < -0.39 is 11.5 Å². The summed E-state index contributed by atoms with van der Waals surface area (Å²) in [5.74, 6) is -1.05. The van der Waals surface area contributed by atoms with Crippen molar-refractivity contribution in [1.29, 1.82) is 0 Å². The molecule has 0 saturated heterocycles. The van der Waals surface area contributed by atoms with E-state index in [-0.39, 0.29) is 16.7 Å². The molecule has 0 fully saturated rings. The third-order valence-corrected chi connectivity index (χ3v) is 4.79. The first-order chi connectivity index (χ1) is 13.5. The Morgan fingerprint density at radius 1 is 1.14 bits per heavy atom. The van der Waals surface area contributed by atoms with Gasteiger partial charge in [-0.3, -0.25) is 9.48 Å². The molecule has 3 heterocycles. The Morgan fingerprint density at radius 3 is 2.54 bits per heavy atom. The number of hydrogen-bond acceptors (Lipinski definition) is 4. The molecule has 3 aromatic heterocycles. The summed E-state index contributed by atoms with van der Waals surface area (Å²) in [4.78, 5) is 24.7. The Bertz CT molecular complexity index is 1230. The summed E-state index contributed by atoms with van der Waals surface area (Å²) in [7, 11) is 3.35. The lowest BCUT2D eigenvalue weighted by atomic mass is 10.0. The number of furan rings is 1. The number of fused-ring (bicyclic) bond motifs is 1. The molecular weight excluding hydrogens is 358 g/mol. The van der Waals surface area contributed by atoms with Gasteiger partial charge >= 0.3 is 5.97 Å². The normalized spacial score (nSPS) is 11.2. The van der Waals surface area contributed by atoms with Crippen LogP contribution in [0.15, 0.2) is 58.1 Å². The highest BCUT2D eigenvalue weighted by Gasteiger charge is 2.27. The highest BCUT2D eigenvalue weighted by atomic mass is 16.4. The first-order valence-electron chi connectivity index (χ1n) is 8.87. The zero-order valence-corrected chi connectivity index (χ0v) is 15.5. The molecule has 4 rings (SSSR count). The van der Waals surface area contributed by atoms with Crippen LogP contribution in [0.3, 0.4) is 0 Å². The molecule has 142 valence electrons. The lowest BCUT2D eigenvalue weighted by Crippen LogP contribution is -2.19. The van der Waals surface area contributed by atoms with Gasteiger partial charge in [0.1, 0.15) is 16.5 Å². The van der Waals surface area contributed by atoms with Crippen molar-refractivity contribution < 1.29 is 14.3 Å². The number of rotatable bonds is 5. The molecule has 1 aromatic carbocycles. The van der Waals surface area contributed by atoms with Crippen LogP contribution in [-0.2, 0) is 26.9 Å². The third kappa shape index (κ3) is 3.00. The topological polar surface area (TPSA) is 90.3 Å². The van der Waals surface area contributed by atoms with E-state index in [9.17, 15) is 14.7 Å². The van der Waals surface area contributed by atoms with Gasteiger partial charge in [0.05, 0.1) is 11.8 Å². The van der Waals surface area contributed by atoms with Crippen LogP contribution in [0, 0.1) is 0 Å². The van der Waals surface area contributed by atoms with Crippen molar-refractivity contribution in [3.8, 4) is 11.3 Å². The van der Waals surface area contributed by atoms with Crippen molar-refractivity contribution in [3.05, 3.63) is 76.0 Å². The molecular formula is C21H19N3O4. The average molecular weight is 377 g/mol. The second-order valence-electron chi connectivity index (χ2n) is 6.77. The molecule has 28 heavy (non-hydrogen) atoms. The van der Waals surface area contributed by atoms with E-state index >= 15 is 0 Å². The number of carboxylic acid groups (broad SMARTS) is 1. The molecule has 0 spiro atoms. The number of hydrogen-bond donors (Lipinski definition) is 1. The second kappa shape index (κ2) is 6.84. The fraction of sp³-hybridized carbons (Fsp3) is 0.190. The molecule has 1 N–H and O–H groups in total. The van der Waals surface area contributed by atoms with Gasteiger partial charge in [0.15, 0.2) is 5.76 Å². The smallest absolute Gasteiger partial charge is 0.340 e. The predicted molar refractivity (Wildman–Crippen MR) is 104 cm³/mol. The molecule has 0 aliphatic carbocycles. The van der Waals surface area contributed by atoms with Crippen molar-refractivity contribution in [2.24, 2.45) is 14.1 Å². The summed E-state index contributed by atoms with van der Waals surface area (Å²) in [6.07, 6.45) is 6.28. The molecule has 0 atom stereocenters. The van der Waals surface area contributed by atoms with Gasteiger partial charge in [-0.2, -0.15) is 5.10 Å². The maximum absolute atomic E-state index is 12.7. The maximum atomic E-state index is 12.7. The molecule has 0 bridgehead atoms. The van der Waals surface area contributed by atoms with Crippen LogP contribution in [0.5, 0.6) is 0 Å². The Hall–Kier alpha value is -3.61. The van der Waals surface area contributed by atoms with Crippen LogP contribution in [0.25, 0.3) is 22.3 Å². The molecule has 7 heteroatoms. The minimum Gasteiger partial charge on any atom is -0.478 e. The maximum Gasteiger partial charge on any atom is 0.340 e. The Labute approximate surface area is 160 Å². The number of aromatic nitrogens is 3. The van der Waals surface area contributed by atoms with E-state index in [1.54, 1.807) is 31.2 Å². The van der Waals surface area contributed by atoms with Crippen molar-refractivity contribution in [1.82, 2.24) is 14.3 Å². The first-order valence-corrected chi connectivity index (χ1v) is 8.87. The van der Waals surface area contributed by atoms with Crippen molar-refractivity contribution in [2.45, 2.75) is 12.8 Å². The highest BCUT2D eigenvalue weighted by molar-refractivity contribution is 6.08. The number of pyridine rings is 1. The quantitative estimate of drug-likeness (QED) is 0.577. The van der Waals surface area contributed by atoms with Gasteiger partial charge < -0.3 is 14.1 Å². The van der Waals surface area contributed by atoms with Crippen LogP contribution < -0.4 is 5.56 Å². The van der Waals surface area contributed by atoms with Gasteiger partial charge in [-0.25, -0.2) is 4.79 Å². The van der Waals surface area contributed by atoms with Crippen LogP contribution >= 0.6 is 0 Å². The lowest BCUT2D eigenvalue weighted by Gasteiger charge is -2.06. The van der Waals surface area contributed by atoms with Crippen LogP contribution in [0.4, 0.5) is 0 Å². The van der Waals surface area contributed by atoms with Gasteiger partial charge in [-0.1, -0.05) is 30.3 Å². The zero-order chi connectivity index (χ0) is 19.8. The summed E-state index contributed by atoms with van der Waals surface area (Å²) in [6.45, 7) is 0. The fourth-order valence-electron chi connectivity index (χ4n) is 3.44. The monoisotopic (exact) mass is 377 g/mol. The van der Waals surface area contributed by atoms with E-state index in [0.29, 0.717) is 17.6 Å². The summed E-state index contributed by atoms with van der Waals surface area (Å²) in [6, 6.07) is 9.97.